The van der Waals surface area contributed by atoms with Gasteiger partial charge in [0.15, 0.2) is 11.5 Å². The molecule has 1 aromatic carbocycles. The first kappa shape index (κ1) is 14.7. The standard InChI is InChI=1S/C15H21NO4/c1-18-13-6-5-11(8-14(13)19-2)9-15(17)16-10-12-4-3-7-20-12/h5-6,8,12H,3-4,7,9-10H2,1-2H3,(H,16,17). The first-order valence-corrected chi connectivity index (χ1v) is 6.82. The molecule has 2 rings (SSSR count). The number of hydrogen-bond acceptors (Lipinski definition) is 4. The maximum absolute atomic E-state index is 11.9. The van der Waals surface area contributed by atoms with E-state index >= 15 is 0 Å². The molecule has 0 aromatic heterocycles. The van der Waals surface area contributed by atoms with E-state index in [2.05, 4.69) is 5.32 Å². The van der Waals surface area contributed by atoms with Gasteiger partial charge in [0.1, 0.15) is 0 Å². The maximum atomic E-state index is 11.9. The van der Waals surface area contributed by atoms with E-state index in [1.54, 1.807) is 14.2 Å². The molecule has 1 N–H and O–H groups in total. The van der Waals surface area contributed by atoms with Gasteiger partial charge in [0.2, 0.25) is 5.91 Å². The van der Waals surface area contributed by atoms with Crippen LogP contribution in [-0.4, -0.2) is 39.4 Å². The van der Waals surface area contributed by atoms with Gasteiger partial charge in [-0.3, -0.25) is 4.79 Å². The highest BCUT2D eigenvalue weighted by Gasteiger charge is 2.16. The van der Waals surface area contributed by atoms with Crippen LogP contribution in [0.4, 0.5) is 0 Å². The Balaban J connectivity index is 1.86. The topological polar surface area (TPSA) is 56.8 Å². The van der Waals surface area contributed by atoms with E-state index in [0.717, 1.165) is 25.0 Å². The lowest BCUT2D eigenvalue weighted by atomic mass is 10.1. The minimum absolute atomic E-state index is 0.00674. The zero-order valence-electron chi connectivity index (χ0n) is 12.0. The Kier molecular flexibility index (Phi) is 5.24. The van der Waals surface area contributed by atoms with E-state index in [1.165, 1.54) is 0 Å². The van der Waals surface area contributed by atoms with Crippen LogP contribution < -0.4 is 14.8 Å². The molecule has 1 saturated heterocycles. The minimum Gasteiger partial charge on any atom is -0.493 e. The van der Waals surface area contributed by atoms with Crippen LogP contribution in [0.2, 0.25) is 0 Å². The Hall–Kier alpha value is -1.75. The van der Waals surface area contributed by atoms with Crippen molar-refractivity contribution in [2.75, 3.05) is 27.4 Å². The van der Waals surface area contributed by atoms with E-state index in [-0.39, 0.29) is 12.0 Å². The molecule has 1 aliphatic heterocycles. The molecule has 1 aliphatic rings. The van der Waals surface area contributed by atoms with Crippen LogP contribution >= 0.6 is 0 Å². The smallest absolute Gasteiger partial charge is 0.224 e. The van der Waals surface area contributed by atoms with Gasteiger partial charge in [-0.2, -0.15) is 0 Å². The van der Waals surface area contributed by atoms with Crippen molar-refractivity contribution in [3.8, 4) is 11.5 Å². The molecule has 1 fully saturated rings. The molecule has 1 amide bonds. The van der Waals surface area contributed by atoms with Crippen molar-refractivity contribution in [1.29, 1.82) is 0 Å². The van der Waals surface area contributed by atoms with Crippen molar-refractivity contribution in [2.24, 2.45) is 0 Å². The second-order valence-electron chi connectivity index (χ2n) is 4.81. The van der Waals surface area contributed by atoms with Gasteiger partial charge in [0.05, 0.1) is 26.7 Å². The molecule has 5 heteroatoms. The molecule has 0 radical (unpaired) electrons. The molecule has 20 heavy (non-hydrogen) atoms. The van der Waals surface area contributed by atoms with Crippen molar-refractivity contribution in [1.82, 2.24) is 5.32 Å². The SMILES string of the molecule is COc1ccc(CC(=O)NCC2CCCO2)cc1OC. The van der Waals surface area contributed by atoms with E-state index < -0.39 is 0 Å². The quantitative estimate of drug-likeness (QED) is 0.858. The molecule has 0 spiro atoms. The highest BCUT2D eigenvalue weighted by atomic mass is 16.5. The van der Waals surface area contributed by atoms with Gasteiger partial charge < -0.3 is 19.5 Å². The summed E-state index contributed by atoms with van der Waals surface area (Å²) in [4.78, 5) is 11.9. The zero-order chi connectivity index (χ0) is 14.4. The summed E-state index contributed by atoms with van der Waals surface area (Å²) in [5, 5.41) is 2.90. The second kappa shape index (κ2) is 7.14. The zero-order valence-corrected chi connectivity index (χ0v) is 12.0. The molecule has 5 nitrogen and oxygen atoms in total. The Bertz CT molecular complexity index is 455. The van der Waals surface area contributed by atoms with E-state index in [4.69, 9.17) is 14.2 Å². The van der Waals surface area contributed by atoms with Crippen molar-refractivity contribution in [3.05, 3.63) is 23.8 Å². The number of nitrogens with one attached hydrogen (secondary N) is 1. The number of ether oxygens (including phenoxy) is 3. The van der Waals surface area contributed by atoms with Gasteiger partial charge in [-0.15, -0.1) is 0 Å². The van der Waals surface area contributed by atoms with Crippen LogP contribution in [0.5, 0.6) is 11.5 Å². The van der Waals surface area contributed by atoms with E-state index in [1.807, 2.05) is 18.2 Å². The van der Waals surface area contributed by atoms with Crippen LogP contribution in [0.1, 0.15) is 18.4 Å². The molecule has 1 unspecified atom stereocenters. The fourth-order valence-electron chi connectivity index (χ4n) is 2.27. The lowest BCUT2D eigenvalue weighted by Gasteiger charge is -2.12. The van der Waals surface area contributed by atoms with Gasteiger partial charge in [-0.05, 0) is 30.5 Å². The summed E-state index contributed by atoms with van der Waals surface area (Å²) in [7, 11) is 3.17. The third-order valence-corrected chi connectivity index (χ3v) is 3.36. The molecule has 1 heterocycles. The highest BCUT2D eigenvalue weighted by Crippen LogP contribution is 2.27. The summed E-state index contributed by atoms with van der Waals surface area (Å²) >= 11 is 0. The van der Waals surface area contributed by atoms with Crippen LogP contribution in [0, 0.1) is 0 Å². The Labute approximate surface area is 119 Å². The summed E-state index contributed by atoms with van der Waals surface area (Å²) in [5.74, 6) is 1.29. The fourth-order valence-corrected chi connectivity index (χ4v) is 2.27. The molecule has 0 aliphatic carbocycles. The summed E-state index contributed by atoms with van der Waals surface area (Å²) < 4.78 is 15.9. The molecule has 0 saturated carbocycles. The van der Waals surface area contributed by atoms with Crippen molar-refractivity contribution in [3.63, 3.8) is 0 Å². The molecular formula is C15H21NO4. The predicted octanol–water partition coefficient (Wildman–Crippen LogP) is 1.54. The fraction of sp³-hybridized carbons (Fsp3) is 0.533. The average Bonchev–Trinajstić information content (AvgIpc) is 2.98. The molecule has 1 atom stereocenters. The van der Waals surface area contributed by atoms with Gasteiger partial charge in [-0.1, -0.05) is 6.07 Å². The molecule has 1 aromatic rings. The number of benzene rings is 1. The lowest BCUT2D eigenvalue weighted by molar-refractivity contribution is -0.120. The number of methoxy groups -OCH3 is 2. The van der Waals surface area contributed by atoms with Gasteiger partial charge in [0, 0.05) is 13.2 Å². The number of amides is 1. The monoisotopic (exact) mass is 279 g/mol. The van der Waals surface area contributed by atoms with E-state index in [0.29, 0.717) is 24.5 Å². The average molecular weight is 279 g/mol. The first-order chi connectivity index (χ1) is 9.72. The normalized spacial score (nSPS) is 17.8. The predicted molar refractivity (Wildman–Crippen MR) is 75.2 cm³/mol. The van der Waals surface area contributed by atoms with Crippen LogP contribution in [0.3, 0.4) is 0 Å². The Morgan fingerprint density at radius 2 is 2.15 bits per heavy atom. The van der Waals surface area contributed by atoms with Crippen LogP contribution in [0.25, 0.3) is 0 Å². The molecular weight excluding hydrogens is 258 g/mol. The van der Waals surface area contributed by atoms with Gasteiger partial charge in [-0.25, -0.2) is 0 Å². The molecule has 0 bridgehead atoms. The van der Waals surface area contributed by atoms with Crippen molar-refractivity contribution >= 4 is 5.91 Å². The van der Waals surface area contributed by atoms with Crippen LogP contribution in [-0.2, 0) is 16.0 Å². The highest BCUT2D eigenvalue weighted by molar-refractivity contribution is 5.78. The van der Waals surface area contributed by atoms with Gasteiger partial charge in [0.25, 0.3) is 0 Å². The lowest BCUT2D eigenvalue weighted by Crippen LogP contribution is -2.32. The third-order valence-electron chi connectivity index (χ3n) is 3.36. The largest absolute Gasteiger partial charge is 0.493 e. The summed E-state index contributed by atoms with van der Waals surface area (Å²) in [6.45, 7) is 1.39. The molecule has 110 valence electrons. The minimum atomic E-state index is -0.00674. The number of carbonyl (C=O) groups is 1. The maximum Gasteiger partial charge on any atom is 0.224 e. The van der Waals surface area contributed by atoms with E-state index in [9.17, 15) is 4.79 Å². The Morgan fingerprint density at radius 3 is 2.80 bits per heavy atom. The first-order valence-electron chi connectivity index (χ1n) is 6.82. The summed E-state index contributed by atoms with van der Waals surface area (Å²) in [6.07, 6.45) is 2.60. The Morgan fingerprint density at radius 1 is 1.35 bits per heavy atom. The van der Waals surface area contributed by atoms with Crippen LogP contribution in [0.15, 0.2) is 18.2 Å². The summed E-state index contributed by atoms with van der Waals surface area (Å²) in [6, 6.07) is 5.50. The number of carbonyl (C=O) groups excluding carboxylic acids is 1. The van der Waals surface area contributed by atoms with Crippen molar-refractivity contribution in [2.45, 2.75) is 25.4 Å². The van der Waals surface area contributed by atoms with Gasteiger partial charge >= 0.3 is 0 Å². The van der Waals surface area contributed by atoms with Crippen molar-refractivity contribution < 1.29 is 19.0 Å². The number of rotatable bonds is 6. The third kappa shape index (κ3) is 3.87. The summed E-state index contributed by atoms with van der Waals surface area (Å²) in [5.41, 5.74) is 0.896. The number of hydrogen-bond donors (Lipinski definition) is 1. The second-order valence-corrected chi connectivity index (χ2v) is 4.81.